The van der Waals surface area contributed by atoms with E-state index in [9.17, 15) is 15.0 Å². The molecule has 0 aromatic heterocycles. The lowest BCUT2D eigenvalue weighted by Crippen LogP contribution is -2.23. The van der Waals surface area contributed by atoms with Gasteiger partial charge in [0.1, 0.15) is 6.61 Å². The predicted octanol–water partition coefficient (Wildman–Crippen LogP) is 9.28. The number of hydrogen-bond acceptors (Lipinski definition) is 9. The molecule has 3 saturated carbocycles. The van der Waals surface area contributed by atoms with Crippen LogP contribution in [0.1, 0.15) is 129 Å². The van der Waals surface area contributed by atoms with Crippen LogP contribution < -0.4 is 0 Å². The number of esters is 1. The molecule has 3 aromatic carbocycles. The monoisotopic (exact) mass is 785 g/mol. The van der Waals surface area contributed by atoms with E-state index >= 15 is 0 Å². The van der Waals surface area contributed by atoms with E-state index in [1.165, 1.54) is 77.6 Å². The summed E-state index contributed by atoms with van der Waals surface area (Å²) in [7, 11) is 3.65. The van der Waals surface area contributed by atoms with Gasteiger partial charge >= 0.3 is 5.97 Å². The van der Waals surface area contributed by atoms with Crippen LogP contribution in [0.15, 0.2) is 54.6 Å². The van der Waals surface area contributed by atoms with E-state index in [0.717, 1.165) is 46.4 Å². The molecule has 9 atom stereocenters. The topological polar surface area (TPSA) is 138 Å². The summed E-state index contributed by atoms with van der Waals surface area (Å²) in [4.78, 5) is 12.4. The number of benzene rings is 3. The Morgan fingerprint density at radius 2 is 1.09 bits per heavy atom. The molecule has 9 heteroatoms. The van der Waals surface area contributed by atoms with Gasteiger partial charge < -0.3 is 39.4 Å². The lowest BCUT2D eigenvalue weighted by Gasteiger charge is -2.26. The zero-order valence-electron chi connectivity index (χ0n) is 35.8. The summed E-state index contributed by atoms with van der Waals surface area (Å²) in [6.07, 6.45) is 16.1. The van der Waals surface area contributed by atoms with Crippen LogP contribution in [0.2, 0.25) is 0 Å². The number of aliphatic hydroxyl groups is 4. The van der Waals surface area contributed by atoms with E-state index in [4.69, 9.17) is 29.2 Å². The van der Waals surface area contributed by atoms with Gasteiger partial charge in [-0.1, -0.05) is 108 Å². The lowest BCUT2D eigenvalue weighted by molar-refractivity contribution is 0.0300. The highest BCUT2D eigenvalue weighted by Gasteiger charge is 2.21. The molecule has 1 saturated heterocycles. The Morgan fingerprint density at radius 3 is 1.39 bits per heavy atom. The van der Waals surface area contributed by atoms with Gasteiger partial charge in [0.05, 0.1) is 55.4 Å². The van der Waals surface area contributed by atoms with Crippen LogP contribution >= 0.6 is 0 Å². The highest BCUT2D eigenvalue weighted by Crippen LogP contribution is 2.30. The van der Waals surface area contributed by atoms with Gasteiger partial charge in [-0.3, -0.25) is 0 Å². The molecule has 4 N–H and O–H groups in total. The molecule has 1 aliphatic heterocycles. The molecular weight excluding hydrogens is 709 g/mol. The van der Waals surface area contributed by atoms with Crippen molar-refractivity contribution in [1.82, 2.24) is 0 Å². The summed E-state index contributed by atoms with van der Waals surface area (Å²) in [6.45, 7) is 12.7. The van der Waals surface area contributed by atoms with Gasteiger partial charge in [-0.2, -0.15) is 0 Å². The minimum atomic E-state index is -0.671. The molecule has 7 rings (SSSR count). The number of fused-ring (bicyclic) bond motifs is 2. The molecule has 0 radical (unpaired) electrons. The van der Waals surface area contributed by atoms with Crippen molar-refractivity contribution < 1.29 is 44.2 Å². The van der Waals surface area contributed by atoms with Gasteiger partial charge in [0.15, 0.2) is 0 Å². The highest BCUT2D eigenvalue weighted by molar-refractivity contribution is 6.16. The standard InChI is InChI=1S/C18H16O3.2C8H16O.C7H14O.C3H8O2.C3H6O/c1-12(19)11-21-18(20)17-15-8-4-2-6-13(15)10-14-7-3-5-9-16(14)17;2*1-7-5-3-4-6-8(7)9-2;1-6-4-2-3-5-7(6)8;1-3(5)2-4;1-3-2-4-3/h2-10,12,19H,11H2,1H3;2*7-8H,3-6H2,1-2H3;6-8H,2-5H2,1H3;3-5H,2H2,1H3;3H,2H2,1H3. The van der Waals surface area contributed by atoms with Gasteiger partial charge in [-0.15, -0.1) is 0 Å². The Balaban J connectivity index is 0.000000259. The Labute approximate surface area is 338 Å². The van der Waals surface area contributed by atoms with Crippen molar-refractivity contribution in [3.05, 3.63) is 60.2 Å². The fourth-order valence-corrected chi connectivity index (χ4v) is 7.16. The average Bonchev–Trinajstić information content (AvgIpc) is 4.00. The lowest BCUT2D eigenvalue weighted by atomic mass is 9.88. The number of epoxide rings is 1. The van der Waals surface area contributed by atoms with Crippen molar-refractivity contribution >= 4 is 27.5 Å². The van der Waals surface area contributed by atoms with Crippen molar-refractivity contribution in [1.29, 1.82) is 0 Å². The molecule has 1 heterocycles. The van der Waals surface area contributed by atoms with Crippen molar-refractivity contribution in [2.24, 2.45) is 17.8 Å². The summed E-state index contributed by atoms with van der Waals surface area (Å²) in [6, 6.07) is 17.6. The smallest absolute Gasteiger partial charge is 0.339 e. The van der Waals surface area contributed by atoms with Gasteiger partial charge in [-0.05, 0) is 105 Å². The maximum atomic E-state index is 12.4. The Kier molecular flexibility index (Phi) is 24.7. The first kappa shape index (κ1) is 49.5. The van der Waals surface area contributed by atoms with E-state index in [0.29, 0.717) is 29.8 Å². The van der Waals surface area contributed by atoms with E-state index in [-0.39, 0.29) is 19.3 Å². The molecule has 0 spiro atoms. The molecule has 3 aromatic rings. The summed E-state index contributed by atoms with van der Waals surface area (Å²) in [5.74, 6) is 1.75. The Morgan fingerprint density at radius 1 is 0.696 bits per heavy atom. The van der Waals surface area contributed by atoms with Crippen molar-refractivity contribution in [3.8, 4) is 0 Å². The van der Waals surface area contributed by atoms with Crippen LogP contribution in [0.4, 0.5) is 0 Å². The summed E-state index contributed by atoms with van der Waals surface area (Å²) in [5, 5.41) is 38.2. The second-order valence-corrected chi connectivity index (χ2v) is 16.2. The number of aliphatic hydroxyl groups excluding tert-OH is 4. The van der Waals surface area contributed by atoms with Crippen molar-refractivity contribution in [2.45, 2.75) is 155 Å². The minimum Gasteiger partial charge on any atom is -0.459 e. The molecular formula is C47H76O9. The number of rotatable bonds is 6. The van der Waals surface area contributed by atoms with Crippen LogP contribution in [-0.4, -0.2) is 97.1 Å². The zero-order valence-corrected chi connectivity index (χ0v) is 35.8. The number of hydrogen-bond donors (Lipinski definition) is 4. The first-order chi connectivity index (χ1) is 26.8. The van der Waals surface area contributed by atoms with E-state index in [1.54, 1.807) is 6.92 Å². The molecule has 0 bridgehead atoms. The number of carbonyl (C=O) groups is 1. The second-order valence-electron chi connectivity index (χ2n) is 16.2. The maximum absolute atomic E-state index is 12.4. The first-order valence-corrected chi connectivity index (χ1v) is 21.2. The normalized spacial score (nSPS) is 26.3. The molecule has 56 heavy (non-hydrogen) atoms. The van der Waals surface area contributed by atoms with Crippen LogP contribution in [0, 0.1) is 17.8 Å². The van der Waals surface area contributed by atoms with Crippen LogP contribution in [0.25, 0.3) is 21.5 Å². The fourth-order valence-electron chi connectivity index (χ4n) is 7.16. The molecule has 318 valence electrons. The molecule has 3 aliphatic carbocycles. The largest absolute Gasteiger partial charge is 0.459 e. The maximum Gasteiger partial charge on any atom is 0.339 e. The molecule has 9 unspecified atom stereocenters. The minimum absolute atomic E-state index is 0.00347. The number of carbonyl (C=O) groups excluding carboxylic acids is 1. The van der Waals surface area contributed by atoms with Crippen molar-refractivity contribution in [2.75, 3.05) is 34.0 Å². The van der Waals surface area contributed by atoms with Crippen LogP contribution in [-0.2, 0) is 18.9 Å². The second kappa shape index (κ2) is 27.9. The third-order valence-electron chi connectivity index (χ3n) is 10.9. The molecule has 0 amide bonds. The average molecular weight is 785 g/mol. The van der Waals surface area contributed by atoms with Gasteiger partial charge in [-0.25, -0.2) is 4.79 Å². The van der Waals surface area contributed by atoms with Crippen LogP contribution in [0.5, 0.6) is 0 Å². The zero-order chi connectivity index (χ0) is 41.5. The first-order valence-electron chi connectivity index (χ1n) is 21.2. The highest BCUT2D eigenvalue weighted by atomic mass is 16.6. The summed E-state index contributed by atoms with van der Waals surface area (Å²) < 4.78 is 20.5. The molecule has 4 aliphatic rings. The molecule has 9 nitrogen and oxygen atoms in total. The van der Waals surface area contributed by atoms with Crippen LogP contribution in [0.3, 0.4) is 0 Å². The third kappa shape index (κ3) is 19.2. The fraction of sp³-hybridized carbons (Fsp3) is 0.681. The SMILES string of the molecule is CC(O)CO.CC(O)COC(=O)c1c2ccccc2cc2ccccc12.CC1CCCCC1O.CC1CO1.COC1CCCCC1C.COC1CCCCC1C. The van der Waals surface area contributed by atoms with Gasteiger partial charge in [0, 0.05) is 14.2 Å². The number of ether oxygens (including phenoxy) is 4. The molecule has 4 fully saturated rings. The summed E-state index contributed by atoms with van der Waals surface area (Å²) in [5.41, 5.74) is 0.560. The third-order valence-corrected chi connectivity index (χ3v) is 10.9. The predicted molar refractivity (Wildman–Crippen MR) is 228 cm³/mol. The quantitative estimate of drug-likeness (QED) is 0.110. The Bertz CT molecular complexity index is 1390. The number of methoxy groups -OCH3 is 2. The van der Waals surface area contributed by atoms with E-state index < -0.39 is 18.2 Å². The summed E-state index contributed by atoms with van der Waals surface area (Å²) >= 11 is 0. The van der Waals surface area contributed by atoms with Gasteiger partial charge in [0.25, 0.3) is 0 Å². The Hall–Kier alpha value is -2.63. The van der Waals surface area contributed by atoms with E-state index in [1.807, 2.05) is 62.8 Å². The van der Waals surface area contributed by atoms with E-state index in [2.05, 4.69) is 33.8 Å². The van der Waals surface area contributed by atoms with Crippen molar-refractivity contribution in [3.63, 3.8) is 0 Å². The van der Waals surface area contributed by atoms with Gasteiger partial charge in [0.2, 0.25) is 0 Å².